The van der Waals surface area contributed by atoms with Crippen LogP contribution in [0.4, 0.5) is 0 Å². The Labute approximate surface area is 115 Å². The van der Waals surface area contributed by atoms with Crippen LogP contribution in [0.15, 0.2) is 36.7 Å². The molecule has 6 nitrogen and oxygen atoms in total. The Morgan fingerprint density at radius 2 is 2.20 bits per heavy atom. The topological polar surface area (TPSA) is 78.4 Å². The molecule has 0 bridgehead atoms. The number of nitrogens with zero attached hydrogens (tertiary/aromatic N) is 2. The van der Waals surface area contributed by atoms with Gasteiger partial charge in [-0.25, -0.2) is 9.78 Å². The first-order chi connectivity index (χ1) is 9.74. The first-order valence-corrected chi connectivity index (χ1v) is 5.81. The van der Waals surface area contributed by atoms with Crippen molar-refractivity contribution in [1.82, 2.24) is 9.97 Å². The standard InChI is InChI=1S/C14H12N2O4/c1-19-14(18)11-4-5-13(16-12(11)8-17)20-9-10-3-2-6-15-7-10/h2-8H,9H2,1H3. The molecule has 2 heterocycles. The van der Waals surface area contributed by atoms with Crippen molar-refractivity contribution in [2.45, 2.75) is 6.61 Å². The number of carbonyl (C=O) groups is 2. The number of aldehydes is 1. The third-order valence-electron chi connectivity index (χ3n) is 2.53. The zero-order valence-electron chi connectivity index (χ0n) is 10.8. The summed E-state index contributed by atoms with van der Waals surface area (Å²) in [6.45, 7) is 0.275. The predicted molar refractivity (Wildman–Crippen MR) is 69.5 cm³/mol. The molecular formula is C14H12N2O4. The van der Waals surface area contributed by atoms with Crippen LogP contribution in [0, 0.1) is 0 Å². The van der Waals surface area contributed by atoms with Gasteiger partial charge in [-0.05, 0) is 12.1 Å². The molecule has 102 valence electrons. The van der Waals surface area contributed by atoms with Crippen molar-refractivity contribution >= 4 is 12.3 Å². The van der Waals surface area contributed by atoms with Gasteiger partial charge in [0.1, 0.15) is 12.3 Å². The molecule has 0 radical (unpaired) electrons. The quantitative estimate of drug-likeness (QED) is 0.608. The molecule has 0 fully saturated rings. The molecule has 0 amide bonds. The number of pyridine rings is 2. The van der Waals surface area contributed by atoms with Crippen molar-refractivity contribution in [3.63, 3.8) is 0 Å². The molecule has 6 heteroatoms. The van der Waals surface area contributed by atoms with Crippen LogP contribution in [0.5, 0.6) is 5.88 Å². The first kappa shape index (κ1) is 13.7. The van der Waals surface area contributed by atoms with E-state index in [9.17, 15) is 9.59 Å². The molecular weight excluding hydrogens is 260 g/mol. The van der Waals surface area contributed by atoms with Gasteiger partial charge in [-0.1, -0.05) is 6.07 Å². The minimum absolute atomic E-state index is 0.0134. The first-order valence-electron chi connectivity index (χ1n) is 5.81. The number of esters is 1. The summed E-state index contributed by atoms with van der Waals surface area (Å²) in [6.07, 6.45) is 3.82. The lowest BCUT2D eigenvalue weighted by atomic mass is 10.2. The van der Waals surface area contributed by atoms with Gasteiger partial charge in [-0.2, -0.15) is 0 Å². The number of ether oxygens (including phenoxy) is 2. The highest BCUT2D eigenvalue weighted by atomic mass is 16.5. The zero-order chi connectivity index (χ0) is 14.4. The third-order valence-corrected chi connectivity index (χ3v) is 2.53. The van der Waals surface area contributed by atoms with Crippen LogP contribution in [0.25, 0.3) is 0 Å². The fraction of sp³-hybridized carbons (Fsp3) is 0.143. The van der Waals surface area contributed by atoms with E-state index in [1.54, 1.807) is 18.5 Å². The van der Waals surface area contributed by atoms with E-state index < -0.39 is 5.97 Å². The molecule has 0 saturated carbocycles. The maximum atomic E-state index is 11.4. The lowest BCUT2D eigenvalue weighted by molar-refractivity contribution is 0.0597. The maximum absolute atomic E-state index is 11.4. The number of methoxy groups -OCH3 is 1. The van der Waals surface area contributed by atoms with Crippen LogP contribution in [0.2, 0.25) is 0 Å². The molecule has 0 aliphatic heterocycles. The lowest BCUT2D eigenvalue weighted by Gasteiger charge is -2.07. The Balaban J connectivity index is 2.14. The Morgan fingerprint density at radius 3 is 2.85 bits per heavy atom. The van der Waals surface area contributed by atoms with Gasteiger partial charge in [0, 0.05) is 24.0 Å². The molecule has 2 aromatic rings. The van der Waals surface area contributed by atoms with E-state index in [4.69, 9.17) is 4.74 Å². The minimum atomic E-state index is -0.613. The van der Waals surface area contributed by atoms with Crippen molar-refractivity contribution in [3.05, 3.63) is 53.5 Å². The summed E-state index contributed by atoms with van der Waals surface area (Å²) in [7, 11) is 1.24. The zero-order valence-corrected chi connectivity index (χ0v) is 10.8. The van der Waals surface area contributed by atoms with Gasteiger partial charge in [0.2, 0.25) is 5.88 Å². The van der Waals surface area contributed by atoms with Gasteiger partial charge in [-0.15, -0.1) is 0 Å². The van der Waals surface area contributed by atoms with Crippen molar-refractivity contribution in [2.24, 2.45) is 0 Å². The molecule has 20 heavy (non-hydrogen) atoms. The van der Waals surface area contributed by atoms with Crippen LogP contribution < -0.4 is 4.74 Å². The van der Waals surface area contributed by atoms with E-state index in [1.165, 1.54) is 19.2 Å². The number of rotatable bonds is 5. The second kappa shape index (κ2) is 6.42. The summed E-state index contributed by atoms with van der Waals surface area (Å²) >= 11 is 0. The summed E-state index contributed by atoms with van der Waals surface area (Å²) in [5.41, 5.74) is 0.968. The fourth-order valence-electron chi connectivity index (χ4n) is 1.55. The van der Waals surface area contributed by atoms with Crippen molar-refractivity contribution < 1.29 is 19.1 Å². The van der Waals surface area contributed by atoms with Crippen LogP contribution in [-0.2, 0) is 11.3 Å². The summed E-state index contributed by atoms with van der Waals surface area (Å²) in [6, 6.07) is 6.61. The molecule has 0 saturated heterocycles. The van der Waals surface area contributed by atoms with E-state index in [0.717, 1.165) is 5.56 Å². The van der Waals surface area contributed by atoms with E-state index in [-0.39, 0.29) is 23.7 Å². The van der Waals surface area contributed by atoms with Gasteiger partial charge >= 0.3 is 5.97 Å². The largest absolute Gasteiger partial charge is 0.473 e. The Morgan fingerprint density at radius 1 is 1.35 bits per heavy atom. The Bertz CT molecular complexity index is 614. The SMILES string of the molecule is COC(=O)c1ccc(OCc2cccnc2)nc1C=O. The summed E-state index contributed by atoms with van der Waals surface area (Å²) in [4.78, 5) is 30.3. The van der Waals surface area contributed by atoms with Gasteiger partial charge in [0.15, 0.2) is 6.29 Å². The Kier molecular flexibility index (Phi) is 4.39. The maximum Gasteiger partial charge on any atom is 0.340 e. The van der Waals surface area contributed by atoms with Crippen molar-refractivity contribution in [1.29, 1.82) is 0 Å². The molecule has 0 spiro atoms. The molecule has 0 N–H and O–H groups in total. The van der Waals surface area contributed by atoms with Gasteiger partial charge in [0.05, 0.1) is 12.7 Å². The van der Waals surface area contributed by atoms with E-state index in [0.29, 0.717) is 6.29 Å². The predicted octanol–water partition coefficient (Wildman–Crippen LogP) is 1.65. The number of aromatic nitrogens is 2. The molecule has 0 aliphatic carbocycles. The van der Waals surface area contributed by atoms with Gasteiger partial charge in [-0.3, -0.25) is 9.78 Å². The lowest BCUT2D eigenvalue weighted by Crippen LogP contribution is -2.08. The Hall–Kier alpha value is -2.76. The van der Waals surface area contributed by atoms with E-state index >= 15 is 0 Å². The highest BCUT2D eigenvalue weighted by Crippen LogP contribution is 2.14. The van der Waals surface area contributed by atoms with Gasteiger partial charge in [0.25, 0.3) is 0 Å². The molecule has 2 aromatic heterocycles. The van der Waals surface area contributed by atoms with Crippen LogP contribution in [-0.4, -0.2) is 29.3 Å². The van der Waals surface area contributed by atoms with Crippen LogP contribution in [0.1, 0.15) is 26.4 Å². The molecule has 2 rings (SSSR count). The van der Waals surface area contributed by atoms with Crippen molar-refractivity contribution in [3.8, 4) is 5.88 Å². The fourth-order valence-corrected chi connectivity index (χ4v) is 1.55. The molecule has 0 atom stereocenters. The minimum Gasteiger partial charge on any atom is -0.473 e. The summed E-state index contributed by atoms with van der Waals surface area (Å²) in [5, 5.41) is 0. The molecule has 0 unspecified atom stereocenters. The van der Waals surface area contributed by atoms with Crippen LogP contribution in [0.3, 0.4) is 0 Å². The highest BCUT2D eigenvalue weighted by Gasteiger charge is 2.13. The number of carbonyl (C=O) groups excluding carboxylic acids is 2. The summed E-state index contributed by atoms with van der Waals surface area (Å²) < 4.78 is 10.0. The second-order valence-electron chi connectivity index (χ2n) is 3.84. The smallest absolute Gasteiger partial charge is 0.340 e. The third kappa shape index (κ3) is 3.17. The van der Waals surface area contributed by atoms with Crippen molar-refractivity contribution in [2.75, 3.05) is 7.11 Å². The molecule has 0 aromatic carbocycles. The average Bonchev–Trinajstić information content (AvgIpc) is 2.52. The average molecular weight is 272 g/mol. The second-order valence-corrected chi connectivity index (χ2v) is 3.84. The summed E-state index contributed by atoms with van der Waals surface area (Å²) in [5.74, 6) is -0.359. The van der Waals surface area contributed by atoms with E-state index in [1.807, 2.05) is 6.07 Å². The monoisotopic (exact) mass is 272 g/mol. The normalized spacial score (nSPS) is 9.85. The van der Waals surface area contributed by atoms with Crippen LogP contribution >= 0.6 is 0 Å². The molecule has 0 aliphatic rings. The van der Waals surface area contributed by atoms with Gasteiger partial charge < -0.3 is 9.47 Å². The number of hydrogen-bond donors (Lipinski definition) is 0. The highest BCUT2D eigenvalue weighted by molar-refractivity contribution is 5.97. The number of hydrogen-bond acceptors (Lipinski definition) is 6. The van der Waals surface area contributed by atoms with E-state index in [2.05, 4.69) is 14.7 Å².